The van der Waals surface area contributed by atoms with Crippen molar-refractivity contribution in [1.82, 2.24) is 0 Å². The second-order valence-corrected chi connectivity index (χ2v) is 6.08. The second-order valence-electron chi connectivity index (χ2n) is 6.08. The zero-order chi connectivity index (χ0) is 16.7. The van der Waals surface area contributed by atoms with Gasteiger partial charge in [0.1, 0.15) is 17.1 Å². The fourth-order valence-electron chi connectivity index (χ4n) is 3.27. The summed E-state index contributed by atoms with van der Waals surface area (Å²) in [4.78, 5) is 0. The lowest BCUT2D eigenvalue weighted by molar-refractivity contribution is 0.467. The molecule has 0 saturated heterocycles. The third-order valence-corrected chi connectivity index (χ3v) is 4.49. The van der Waals surface area contributed by atoms with Crippen LogP contribution in [0.4, 0.5) is 0 Å². The molecule has 0 aliphatic heterocycles. The van der Waals surface area contributed by atoms with E-state index in [4.69, 9.17) is 4.42 Å². The number of hydrogen-bond acceptors (Lipinski definition) is 2. The number of phenolic OH excluding ortho intramolecular Hbond substituents is 1. The van der Waals surface area contributed by atoms with Crippen LogP contribution in [-0.4, -0.2) is 5.11 Å². The van der Waals surface area contributed by atoms with Gasteiger partial charge in [0.2, 0.25) is 0 Å². The molecule has 4 rings (SSSR count). The molecule has 0 unspecified atom stereocenters. The number of aromatic hydroxyl groups is 1. The fraction of sp³-hybridized carbons (Fsp3) is 0.0909. The van der Waals surface area contributed by atoms with Crippen molar-refractivity contribution in [3.8, 4) is 28.2 Å². The number of aryl methyl sites for hydroxylation is 2. The zero-order valence-corrected chi connectivity index (χ0v) is 13.7. The highest BCUT2D eigenvalue weighted by Crippen LogP contribution is 2.44. The third-order valence-electron chi connectivity index (χ3n) is 4.49. The molecule has 1 N–H and O–H groups in total. The van der Waals surface area contributed by atoms with Crippen LogP contribution in [0.5, 0.6) is 5.75 Å². The number of rotatable bonds is 2. The molecule has 0 aliphatic carbocycles. The van der Waals surface area contributed by atoms with Gasteiger partial charge in [0.05, 0.1) is 0 Å². The molecule has 0 saturated carbocycles. The van der Waals surface area contributed by atoms with E-state index in [-0.39, 0.29) is 0 Å². The van der Waals surface area contributed by atoms with E-state index >= 15 is 0 Å². The summed E-state index contributed by atoms with van der Waals surface area (Å²) in [6.45, 7) is 3.84. The topological polar surface area (TPSA) is 33.4 Å². The van der Waals surface area contributed by atoms with Crippen LogP contribution in [0.3, 0.4) is 0 Å². The van der Waals surface area contributed by atoms with Crippen molar-refractivity contribution >= 4 is 11.0 Å². The van der Waals surface area contributed by atoms with Gasteiger partial charge in [0.15, 0.2) is 0 Å². The van der Waals surface area contributed by atoms with Crippen LogP contribution >= 0.6 is 0 Å². The van der Waals surface area contributed by atoms with Gasteiger partial charge in [-0.25, -0.2) is 0 Å². The van der Waals surface area contributed by atoms with Gasteiger partial charge in [-0.3, -0.25) is 0 Å². The van der Waals surface area contributed by atoms with Crippen LogP contribution in [0.2, 0.25) is 0 Å². The van der Waals surface area contributed by atoms with Crippen LogP contribution in [-0.2, 0) is 0 Å². The zero-order valence-electron chi connectivity index (χ0n) is 13.7. The lowest BCUT2D eigenvalue weighted by Gasteiger charge is -2.07. The third kappa shape index (κ3) is 2.19. The van der Waals surface area contributed by atoms with Crippen molar-refractivity contribution in [2.24, 2.45) is 0 Å². The molecule has 0 amide bonds. The predicted octanol–water partition coefficient (Wildman–Crippen LogP) is 6.09. The van der Waals surface area contributed by atoms with Gasteiger partial charge in [0.25, 0.3) is 0 Å². The quantitative estimate of drug-likeness (QED) is 0.485. The largest absolute Gasteiger partial charge is 0.507 e. The minimum atomic E-state index is 0.333. The van der Waals surface area contributed by atoms with E-state index in [0.29, 0.717) is 5.75 Å². The maximum absolute atomic E-state index is 10.4. The van der Waals surface area contributed by atoms with Crippen LogP contribution in [0.1, 0.15) is 11.1 Å². The molecule has 24 heavy (non-hydrogen) atoms. The Bertz CT molecular complexity index is 1010. The highest BCUT2D eigenvalue weighted by molar-refractivity contribution is 6.04. The molecule has 0 spiro atoms. The summed E-state index contributed by atoms with van der Waals surface area (Å²) in [5.41, 5.74) is 5.64. The van der Waals surface area contributed by atoms with E-state index in [2.05, 4.69) is 12.1 Å². The average molecular weight is 314 g/mol. The van der Waals surface area contributed by atoms with Crippen molar-refractivity contribution in [3.63, 3.8) is 0 Å². The molecule has 118 valence electrons. The van der Waals surface area contributed by atoms with Crippen molar-refractivity contribution in [1.29, 1.82) is 0 Å². The number of benzene rings is 3. The average Bonchev–Trinajstić information content (AvgIpc) is 3.00. The number of hydrogen-bond donors (Lipinski definition) is 1. The van der Waals surface area contributed by atoms with Crippen molar-refractivity contribution in [3.05, 3.63) is 77.9 Å². The van der Waals surface area contributed by atoms with Crippen LogP contribution < -0.4 is 0 Å². The second kappa shape index (κ2) is 5.57. The highest BCUT2D eigenvalue weighted by Gasteiger charge is 2.21. The summed E-state index contributed by atoms with van der Waals surface area (Å²) in [6.07, 6.45) is 0. The Labute approximate surface area is 141 Å². The van der Waals surface area contributed by atoms with Crippen LogP contribution in [0.15, 0.2) is 71.1 Å². The Morgan fingerprint density at radius 2 is 1.38 bits per heavy atom. The Balaban J connectivity index is 2.15. The maximum atomic E-state index is 10.4. The molecule has 2 heteroatoms. The monoisotopic (exact) mass is 314 g/mol. The lowest BCUT2D eigenvalue weighted by Crippen LogP contribution is -1.85. The van der Waals surface area contributed by atoms with E-state index in [9.17, 15) is 5.11 Å². The number of furan rings is 1. The normalized spacial score (nSPS) is 11.1. The fourth-order valence-corrected chi connectivity index (χ4v) is 3.27. The molecule has 4 aromatic rings. The minimum absolute atomic E-state index is 0.333. The van der Waals surface area contributed by atoms with E-state index in [1.165, 1.54) is 0 Å². The van der Waals surface area contributed by atoms with E-state index in [1.54, 1.807) is 0 Å². The molecule has 1 heterocycles. The van der Waals surface area contributed by atoms with E-state index in [1.807, 2.05) is 68.4 Å². The Kier molecular flexibility index (Phi) is 3.39. The van der Waals surface area contributed by atoms with Crippen LogP contribution in [0.25, 0.3) is 33.4 Å². The summed E-state index contributed by atoms with van der Waals surface area (Å²) in [7, 11) is 0. The first kappa shape index (κ1) is 14.6. The molecule has 0 aliphatic rings. The molecule has 3 aromatic carbocycles. The minimum Gasteiger partial charge on any atom is -0.507 e. The first-order chi connectivity index (χ1) is 11.7. The van der Waals surface area contributed by atoms with Crippen molar-refractivity contribution in [2.45, 2.75) is 13.8 Å². The maximum Gasteiger partial charge on any atom is 0.143 e. The highest BCUT2D eigenvalue weighted by atomic mass is 16.3. The van der Waals surface area contributed by atoms with Crippen molar-refractivity contribution < 1.29 is 9.52 Å². The van der Waals surface area contributed by atoms with Gasteiger partial charge >= 0.3 is 0 Å². The summed E-state index contributed by atoms with van der Waals surface area (Å²) in [5.74, 6) is 1.17. The summed E-state index contributed by atoms with van der Waals surface area (Å²) in [6, 6.07) is 22.2. The standard InChI is InChI=1S/C22H18O2/c1-14-13-18-19(15(2)21(14)23)20(16-9-5-3-6-10-16)22(24-18)17-11-7-4-8-12-17/h3-13,23H,1-2H3. The smallest absolute Gasteiger partial charge is 0.143 e. The van der Waals surface area contributed by atoms with Crippen LogP contribution in [0, 0.1) is 13.8 Å². The first-order valence-corrected chi connectivity index (χ1v) is 8.03. The lowest BCUT2D eigenvalue weighted by atomic mass is 9.95. The molecular weight excluding hydrogens is 296 g/mol. The summed E-state index contributed by atoms with van der Waals surface area (Å²) >= 11 is 0. The Hall–Kier alpha value is -3.00. The van der Waals surface area contributed by atoms with Gasteiger partial charge < -0.3 is 9.52 Å². The first-order valence-electron chi connectivity index (χ1n) is 8.03. The number of fused-ring (bicyclic) bond motifs is 1. The SMILES string of the molecule is Cc1cc2oc(-c3ccccc3)c(-c3ccccc3)c2c(C)c1O. The van der Waals surface area contributed by atoms with Gasteiger partial charge in [-0.1, -0.05) is 60.7 Å². The van der Waals surface area contributed by atoms with E-state index < -0.39 is 0 Å². The van der Waals surface area contributed by atoms with E-state index in [0.717, 1.165) is 44.5 Å². The Morgan fingerprint density at radius 1 is 0.792 bits per heavy atom. The molecule has 1 aromatic heterocycles. The number of phenols is 1. The molecule has 0 bridgehead atoms. The van der Waals surface area contributed by atoms with Gasteiger partial charge in [0, 0.05) is 22.1 Å². The molecule has 2 nitrogen and oxygen atoms in total. The van der Waals surface area contributed by atoms with Gasteiger partial charge in [-0.15, -0.1) is 0 Å². The predicted molar refractivity (Wildman–Crippen MR) is 98.2 cm³/mol. The molecule has 0 radical (unpaired) electrons. The van der Waals surface area contributed by atoms with Gasteiger partial charge in [-0.05, 0) is 31.0 Å². The molecule has 0 atom stereocenters. The van der Waals surface area contributed by atoms with Gasteiger partial charge in [-0.2, -0.15) is 0 Å². The Morgan fingerprint density at radius 3 is 2.00 bits per heavy atom. The van der Waals surface area contributed by atoms with Crippen molar-refractivity contribution in [2.75, 3.05) is 0 Å². The summed E-state index contributed by atoms with van der Waals surface area (Å²) in [5, 5.41) is 11.4. The molecular formula is C22H18O2. The molecule has 0 fully saturated rings. The summed E-state index contributed by atoms with van der Waals surface area (Å²) < 4.78 is 6.25.